The number of rotatable bonds is 3. The zero-order chi connectivity index (χ0) is 14.8. The van der Waals surface area contributed by atoms with Crippen LogP contribution in [0.1, 0.15) is 15.9 Å². The first-order valence-electron chi connectivity index (χ1n) is 6.60. The number of benzene rings is 3. The van der Waals surface area contributed by atoms with Gasteiger partial charge in [-0.3, -0.25) is 4.79 Å². The summed E-state index contributed by atoms with van der Waals surface area (Å²) in [7, 11) is 0. The van der Waals surface area contributed by atoms with E-state index in [1.165, 1.54) is 0 Å². The predicted molar refractivity (Wildman–Crippen MR) is 78.3 cm³/mol. The monoisotopic (exact) mass is 282 g/mol. The van der Waals surface area contributed by atoms with Crippen LogP contribution in [0.15, 0.2) is 60.7 Å². The molecule has 0 aromatic heterocycles. The minimum absolute atomic E-state index is 0.0768. The lowest BCUT2D eigenvalue weighted by Gasteiger charge is -2.07. The molecule has 104 valence electrons. The van der Waals surface area contributed by atoms with Gasteiger partial charge in [-0.25, -0.2) is 8.78 Å². The molecule has 0 atom stereocenters. The van der Waals surface area contributed by atoms with E-state index in [2.05, 4.69) is 0 Å². The van der Waals surface area contributed by atoms with Crippen LogP contribution in [0.4, 0.5) is 8.78 Å². The second-order valence-electron chi connectivity index (χ2n) is 4.86. The zero-order valence-electron chi connectivity index (χ0n) is 11.1. The highest BCUT2D eigenvalue weighted by Gasteiger charge is 2.13. The topological polar surface area (TPSA) is 17.1 Å². The molecule has 0 saturated carbocycles. The maximum atomic E-state index is 13.6. The van der Waals surface area contributed by atoms with E-state index in [1.54, 1.807) is 12.1 Å². The van der Waals surface area contributed by atoms with Crippen LogP contribution < -0.4 is 0 Å². The van der Waals surface area contributed by atoms with Gasteiger partial charge in [0.05, 0.1) is 0 Å². The van der Waals surface area contributed by atoms with Crippen molar-refractivity contribution in [2.75, 3.05) is 0 Å². The lowest BCUT2D eigenvalue weighted by atomic mass is 9.97. The highest BCUT2D eigenvalue weighted by Crippen LogP contribution is 2.21. The first kappa shape index (κ1) is 13.4. The summed E-state index contributed by atoms with van der Waals surface area (Å²) in [5, 5.41) is 1.77. The Morgan fingerprint density at radius 1 is 0.905 bits per heavy atom. The Bertz CT molecular complexity index is 819. The fraction of sp³-hybridized carbons (Fsp3) is 0.0556. The van der Waals surface area contributed by atoms with E-state index in [0.717, 1.165) is 29.0 Å². The average Bonchev–Trinajstić information content (AvgIpc) is 2.50. The molecule has 0 heterocycles. The molecule has 0 aliphatic rings. The van der Waals surface area contributed by atoms with E-state index in [-0.39, 0.29) is 17.8 Å². The molecular weight excluding hydrogens is 270 g/mol. The van der Waals surface area contributed by atoms with Crippen LogP contribution in [0.25, 0.3) is 10.8 Å². The fourth-order valence-electron chi connectivity index (χ4n) is 2.42. The number of carbonyl (C=O) groups excluding carboxylic acids is 1. The summed E-state index contributed by atoms with van der Waals surface area (Å²) in [5.74, 6) is -1.33. The fourth-order valence-corrected chi connectivity index (χ4v) is 2.42. The normalized spacial score (nSPS) is 10.8. The quantitative estimate of drug-likeness (QED) is 0.644. The molecule has 0 unspecified atom stereocenters. The lowest BCUT2D eigenvalue weighted by Crippen LogP contribution is -2.06. The molecule has 0 aliphatic heterocycles. The van der Waals surface area contributed by atoms with Crippen LogP contribution in [0, 0.1) is 11.6 Å². The molecule has 3 aromatic carbocycles. The van der Waals surface area contributed by atoms with Crippen molar-refractivity contribution in [1.82, 2.24) is 0 Å². The first-order valence-corrected chi connectivity index (χ1v) is 6.60. The van der Waals surface area contributed by atoms with Crippen molar-refractivity contribution < 1.29 is 13.6 Å². The highest BCUT2D eigenvalue weighted by molar-refractivity contribution is 6.08. The molecule has 0 fully saturated rings. The number of hydrogen-bond donors (Lipinski definition) is 0. The van der Waals surface area contributed by atoms with Crippen molar-refractivity contribution >= 4 is 16.6 Å². The Labute approximate surface area is 120 Å². The summed E-state index contributed by atoms with van der Waals surface area (Å²) < 4.78 is 26.8. The third-order valence-electron chi connectivity index (χ3n) is 3.45. The van der Waals surface area contributed by atoms with E-state index in [9.17, 15) is 13.6 Å². The Morgan fingerprint density at radius 3 is 2.52 bits per heavy atom. The van der Waals surface area contributed by atoms with Gasteiger partial charge in [-0.15, -0.1) is 0 Å². The summed E-state index contributed by atoms with van der Waals surface area (Å²) in [6.07, 6.45) is -0.155. The second-order valence-corrected chi connectivity index (χ2v) is 4.86. The molecule has 3 aromatic rings. The highest BCUT2D eigenvalue weighted by atomic mass is 19.1. The van der Waals surface area contributed by atoms with Crippen molar-refractivity contribution in [3.05, 3.63) is 83.4 Å². The zero-order valence-corrected chi connectivity index (χ0v) is 11.1. The van der Waals surface area contributed by atoms with Crippen LogP contribution in [0.5, 0.6) is 0 Å². The Kier molecular flexibility index (Phi) is 3.48. The minimum atomic E-state index is -0.565. The molecule has 0 N–H and O–H groups in total. The van der Waals surface area contributed by atoms with Gasteiger partial charge < -0.3 is 0 Å². The molecule has 0 radical (unpaired) electrons. The maximum absolute atomic E-state index is 13.6. The summed E-state index contributed by atoms with van der Waals surface area (Å²) in [6, 6.07) is 16.1. The molecule has 1 nitrogen and oxygen atoms in total. The number of carbonyl (C=O) groups is 1. The van der Waals surface area contributed by atoms with Gasteiger partial charge in [0.1, 0.15) is 11.6 Å². The number of fused-ring (bicyclic) bond motifs is 1. The van der Waals surface area contributed by atoms with Crippen molar-refractivity contribution in [3.63, 3.8) is 0 Å². The number of halogens is 2. The van der Waals surface area contributed by atoms with Crippen LogP contribution in [-0.2, 0) is 6.42 Å². The van der Waals surface area contributed by atoms with Crippen molar-refractivity contribution in [2.45, 2.75) is 6.42 Å². The molecular formula is C18H12F2O. The van der Waals surface area contributed by atoms with Gasteiger partial charge in [0.25, 0.3) is 0 Å². The van der Waals surface area contributed by atoms with E-state index in [1.807, 2.05) is 30.3 Å². The van der Waals surface area contributed by atoms with Crippen molar-refractivity contribution in [2.24, 2.45) is 0 Å². The third kappa shape index (κ3) is 2.68. The van der Waals surface area contributed by atoms with Crippen LogP contribution in [-0.4, -0.2) is 5.78 Å². The molecule has 0 aliphatic carbocycles. The van der Waals surface area contributed by atoms with Gasteiger partial charge in [0.15, 0.2) is 5.78 Å². The number of Topliss-reactive ketones (excluding diaryl/α,β-unsaturated/α-hetero) is 1. The SMILES string of the molecule is O=C(Cc1cc(F)ccc1F)c1cccc2ccccc12. The van der Waals surface area contributed by atoms with E-state index < -0.39 is 11.6 Å². The summed E-state index contributed by atoms with van der Waals surface area (Å²) in [4.78, 5) is 12.4. The van der Waals surface area contributed by atoms with Gasteiger partial charge in [0, 0.05) is 12.0 Å². The van der Waals surface area contributed by atoms with Gasteiger partial charge in [-0.1, -0.05) is 42.5 Å². The summed E-state index contributed by atoms with van der Waals surface area (Å²) in [6.45, 7) is 0. The maximum Gasteiger partial charge on any atom is 0.167 e. The van der Waals surface area contributed by atoms with Crippen LogP contribution in [0.2, 0.25) is 0 Å². The summed E-state index contributed by atoms with van der Waals surface area (Å²) >= 11 is 0. The third-order valence-corrected chi connectivity index (χ3v) is 3.45. The molecule has 0 bridgehead atoms. The standard InChI is InChI=1S/C18H12F2O/c19-14-8-9-17(20)13(10-14)11-18(21)16-7-3-5-12-4-1-2-6-15(12)16/h1-10H,11H2. The van der Waals surface area contributed by atoms with Gasteiger partial charge in [-0.2, -0.15) is 0 Å². The largest absolute Gasteiger partial charge is 0.294 e. The van der Waals surface area contributed by atoms with Crippen molar-refractivity contribution in [3.8, 4) is 0 Å². The van der Waals surface area contributed by atoms with E-state index >= 15 is 0 Å². The first-order chi connectivity index (χ1) is 10.1. The Morgan fingerprint density at radius 2 is 1.67 bits per heavy atom. The average molecular weight is 282 g/mol. The lowest BCUT2D eigenvalue weighted by molar-refractivity contribution is 0.0993. The molecule has 0 saturated heterocycles. The van der Waals surface area contributed by atoms with Crippen molar-refractivity contribution in [1.29, 1.82) is 0 Å². The molecule has 0 spiro atoms. The van der Waals surface area contributed by atoms with Gasteiger partial charge >= 0.3 is 0 Å². The minimum Gasteiger partial charge on any atom is -0.294 e. The number of ketones is 1. The number of hydrogen-bond acceptors (Lipinski definition) is 1. The van der Waals surface area contributed by atoms with Gasteiger partial charge in [0.2, 0.25) is 0 Å². The Hall–Kier alpha value is -2.55. The van der Waals surface area contributed by atoms with Crippen LogP contribution >= 0.6 is 0 Å². The molecule has 21 heavy (non-hydrogen) atoms. The van der Waals surface area contributed by atoms with Crippen LogP contribution in [0.3, 0.4) is 0 Å². The predicted octanol–water partition coefficient (Wildman–Crippen LogP) is 4.54. The van der Waals surface area contributed by atoms with Gasteiger partial charge in [-0.05, 0) is 34.5 Å². The second kappa shape index (κ2) is 5.44. The van der Waals surface area contributed by atoms with E-state index in [0.29, 0.717) is 5.56 Å². The molecule has 3 heteroatoms. The van der Waals surface area contributed by atoms with E-state index in [4.69, 9.17) is 0 Å². The molecule has 3 rings (SSSR count). The summed E-state index contributed by atoms with van der Waals surface area (Å²) in [5.41, 5.74) is 0.602. The molecule has 0 amide bonds. The Balaban J connectivity index is 1.99. The smallest absolute Gasteiger partial charge is 0.167 e.